The van der Waals surface area contributed by atoms with Crippen molar-refractivity contribution in [3.63, 3.8) is 0 Å². The third kappa shape index (κ3) is 3.81. The monoisotopic (exact) mass is 251 g/mol. The highest BCUT2D eigenvalue weighted by Crippen LogP contribution is 2.43. The van der Waals surface area contributed by atoms with Crippen molar-refractivity contribution in [2.75, 3.05) is 0 Å². The van der Waals surface area contributed by atoms with Crippen molar-refractivity contribution in [1.29, 1.82) is 0 Å². The molecule has 0 aliphatic rings. The highest BCUT2D eigenvalue weighted by Gasteiger charge is 1.96. The zero-order chi connectivity index (χ0) is 10.3. The molecule has 1 aromatic carbocycles. The number of benzene rings is 1. The smallest absolute Gasteiger partial charge is 0.107 e. The minimum Gasteiger partial charge on any atom is -0.249 e. The van der Waals surface area contributed by atoms with Crippen LogP contribution in [0.15, 0.2) is 64.6 Å². The van der Waals surface area contributed by atoms with Gasteiger partial charge in [-0.15, -0.1) is 0 Å². The van der Waals surface area contributed by atoms with E-state index in [0.29, 0.717) is 0 Å². The Balaban J connectivity index is 1.81. The van der Waals surface area contributed by atoms with Crippen LogP contribution in [0.25, 0.3) is 0 Å². The molecule has 0 aliphatic carbocycles. The Kier molecular flexibility index (Phi) is 4.44. The summed E-state index contributed by atoms with van der Waals surface area (Å²) in [4.78, 5) is 5.51. The van der Waals surface area contributed by atoms with Gasteiger partial charge in [-0.3, -0.25) is 0 Å². The summed E-state index contributed by atoms with van der Waals surface area (Å²) in [6.45, 7) is 0. The molecular formula is C11H9NS3. The summed E-state index contributed by atoms with van der Waals surface area (Å²) in [6, 6.07) is 16.3. The van der Waals surface area contributed by atoms with Gasteiger partial charge in [-0.25, -0.2) is 4.98 Å². The Labute approximate surface area is 101 Å². The predicted molar refractivity (Wildman–Crippen MR) is 70.0 cm³/mol. The molecule has 1 aromatic heterocycles. The van der Waals surface area contributed by atoms with Crippen LogP contribution in [0.2, 0.25) is 0 Å². The maximum Gasteiger partial charge on any atom is 0.107 e. The highest BCUT2D eigenvalue weighted by molar-refractivity contribution is 9.09. The summed E-state index contributed by atoms with van der Waals surface area (Å²) in [6.07, 6.45) is 1.82. The van der Waals surface area contributed by atoms with Crippen LogP contribution in [0.1, 0.15) is 0 Å². The van der Waals surface area contributed by atoms with Gasteiger partial charge in [0.05, 0.1) is 0 Å². The van der Waals surface area contributed by atoms with Gasteiger partial charge >= 0.3 is 0 Å². The zero-order valence-corrected chi connectivity index (χ0v) is 10.3. The second-order valence-corrected chi connectivity index (χ2v) is 6.71. The Morgan fingerprint density at radius 3 is 2.33 bits per heavy atom. The first-order valence-corrected chi connectivity index (χ1v) is 7.91. The Morgan fingerprint density at radius 2 is 1.60 bits per heavy atom. The lowest BCUT2D eigenvalue weighted by molar-refractivity contribution is 1.14. The largest absolute Gasteiger partial charge is 0.249 e. The van der Waals surface area contributed by atoms with Crippen LogP contribution < -0.4 is 0 Å². The van der Waals surface area contributed by atoms with Gasteiger partial charge in [0.2, 0.25) is 0 Å². The molecule has 2 aromatic rings. The van der Waals surface area contributed by atoms with E-state index in [-0.39, 0.29) is 0 Å². The van der Waals surface area contributed by atoms with Crippen molar-refractivity contribution >= 4 is 31.4 Å². The van der Waals surface area contributed by atoms with Crippen LogP contribution in [0.3, 0.4) is 0 Å². The molecule has 0 fully saturated rings. The van der Waals surface area contributed by atoms with E-state index in [2.05, 4.69) is 17.1 Å². The number of hydrogen-bond acceptors (Lipinski definition) is 4. The summed E-state index contributed by atoms with van der Waals surface area (Å²) in [5.74, 6) is 0. The average Bonchev–Trinajstić information content (AvgIpc) is 2.32. The molecule has 2 rings (SSSR count). The molecule has 0 unspecified atom stereocenters. The van der Waals surface area contributed by atoms with Gasteiger partial charge in [0.1, 0.15) is 5.03 Å². The number of hydrogen-bond donors (Lipinski definition) is 0. The molecule has 0 aliphatic heterocycles. The van der Waals surface area contributed by atoms with E-state index in [4.69, 9.17) is 0 Å². The molecule has 0 N–H and O–H groups in total. The molecule has 76 valence electrons. The Bertz CT molecular complexity index is 352. The average molecular weight is 251 g/mol. The molecular weight excluding hydrogens is 242 g/mol. The van der Waals surface area contributed by atoms with Crippen molar-refractivity contribution in [1.82, 2.24) is 4.98 Å². The van der Waals surface area contributed by atoms with E-state index in [9.17, 15) is 0 Å². The molecule has 0 bridgehead atoms. The zero-order valence-electron chi connectivity index (χ0n) is 7.87. The van der Waals surface area contributed by atoms with E-state index in [1.807, 2.05) is 42.6 Å². The van der Waals surface area contributed by atoms with Gasteiger partial charge in [-0.1, -0.05) is 24.3 Å². The van der Waals surface area contributed by atoms with Gasteiger partial charge in [-0.05, 0) is 55.7 Å². The molecule has 4 heteroatoms. The molecule has 0 spiro atoms. The fourth-order valence-electron chi connectivity index (χ4n) is 0.964. The maximum absolute atomic E-state index is 4.24. The SMILES string of the molecule is c1ccc(SSSc2ccccn2)cc1. The van der Waals surface area contributed by atoms with Gasteiger partial charge in [0, 0.05) is 11.1 Å². The maximum atomic E-state index is 4.24. The van der Waals surface area contributed by atoms with E-state index in [0.717, 1.165) is 5.03 Å². The lowest BCUT2D eigenvalue weighted by Crippen LogP contribution is -1.71. The Morgan fingerprint density at radius 1 is 0.800 bits per heavy atom. The van der Waals surface area contributed by atoms with Crippen molar-refractivity contribution in [3.05, 3.63) is 54.7 Å². The first-order chi connectivity index (χ1) is 7.45. The number of nitrogens with zero attached hydrogens (tertiary/aromatic N) is 1. The molecule has 0 atom stereocenters. The van der Waals surface area contributed by atoms with Gasteiger partial charge < -0.3 is 0 Å². The lowest BCUT2D eigenvalue weighted by atomic mass is 10.4. The summed E-state index contributed by atoms with van der Waals surface area (Å²) >= 11 is 0. The van der Waals surface area contributed by atoms with E-state index in [1.54, 1.807) is 31.4 Å². The number of pyridine rings is 1. The number of aromatic nitrogens is 1. The van der Waals surface area contributed by atoms with E-state index in [1.165, 1.54) is 4.90 Å². The first-order valence-electron chi connectivity index (χ1n) is 4.42. The van der Waals surface area contributed by atoms with Crippen LogP contribution in [-0.2, 0) is 0 Å². The van der Waals surface area contributed by atoms with Crippen LogP contribution in [-0.4, -0.2) is 4.98 Å². The molecule has 0 saturated heterocycles. The molecule has 1 heterocycles. The van der Waals surface area contributed by atoms with Crippen LogP contribution in [0.4, 0.5) is 0 Å². The third-order valence-corrected chi connectivity index (χ3v) is 5.37. The van der Waals surface area contributed by atoms with Crippen LogP contribution in [0.5, 0.6) is 0 Å². The van der Waals surface area contributed by atoms with Crippen molar-refractivity contribution in [2.45, 2.75) is 9.92 Å². The quantitative estimate of drug-likeness (QED) is 0.740. The molecule has 0 amide bonds. The summed E-state index contributed by atoms with van der Waals surface area (Å²) in [5.41, 5.74) is 0. The predicted octanol–water partition coefficient (Wildman–Crippen LogP) is 4.53. The van der Waals surface area contributed by atoms with Crippen LogP contribution >= 0.6 is 31.4 Å². The second kappa shape index (κ2) is 6.10. The second-order valence-electron chi connectivity index (χ2n) is 2.72. The van der Waals surface area contributed by atoms with Gasteiger partial charge in [0.15, 0.2) is 0 Å². The summed E-state index contributed by atoms with van der Waals surface area (Å²) in [5, 5.41) is 1.05. The standard InChI is InChI=1S/C11H9NS3/c1-2-6-10(7-3-1)13-15-14-11-8-4-5-9-12-11/h1-9H. The fourth-order valence-corrected chi connectivity index (χ4v) is 4.47. The molecule has 1 nitrogen and oxygen atoms in total. The number of rotatable bonds is 4. The lowest BCUT2D eigenvalue weighted by Gasteiger charge is -1.99. The van der Waals surface area contributed by atoms with Crippen molar-refractivity contribution in [3.8, 4) is 0 Å². The van der Waals surface area contributed by atoms with Crippen molar-refractivity contribution < 1.29 is 0 Å². The molecule has 0 saturated carbocycles. The van der Waals surface area contributed by atoms with Gasteiger partial charge in [0.25, 0.3) is 0 Å². The Hall–Kier alpha value is -0.580. The molecule has 15 heavy (non-hydrogen) atoms. The first kappa shape index (κ1) is 10.9. The highest BCUT2D eigenvalue weighted by atomic mass is 33.5. The summed E-state index contributed by atoms with van der Waals surface area (Å²) < 4.78 is 0. The fraction of sp³-hybridized carbons (Fsp3) is 0. The minimum absolute atomic E-state index is 1.05. The van der Waals surface area contributed by atoms with E-state index >= 15 is 0 Å². The van der Waals surface area contributed by atoms with Crippen LogP contribution in [0, 0.1) is 0 Å². The topological polar surface area (TPSA) is 12.9 Å². The minimum atomic E-state index is 1.05. The van der Waals surface area contributed by atoms with Gasteiger partial charge in [-0.2, -0.15) is 0 Å². The summed E-state index contributed by atoms with van der Waals surface area (Å²) in [7, 11) is 5.17. The van der Waals surface area contributed by atoms with Crippen molar-refractivity contribution in [2.24, 2.45) is 0 Å². The third-order valence-electron chi connectivity index (χ3n) is 1.63. The van der Waals surface area contributed by atoms with E-state index < -0.39 is 0 Å². The molecule has 0 radical (unpaired) electrons. The normalized spacial score (nSPS) is 10.1.